The summed E-state index contributed by atoms with van der Waals surface area (Å²) in [6, 6.07) is 0. The van der Waals surface area contributed by atoms with E-state index >= 15 is 0 Å². The highest BCUT2D eigenvalue weighted by atomic mass is 16.6. The fourth-order valence-electron chi connectivity index (χ4n) is 9.11. The van der Waals surface area contributed by atoms with Crippen LogP contribution in [0.3, 0.4) is 0 Å². The Morgan fingerprint density at radius 3 is 1.08 bits per heavy atom. The second-order valence-corrected chi connectivity index (χ2v) is 22.4. The van der Waals surface area contributed by atoms with Gasteiger partial charge in [0.05, 0.1) is 72.2 Å². The predicted octanol–water partition coefficient (Wildman–Crippen LogP) is 5.47. The third kappa shape index (κ3) is 46.1. The van der Waals surface area contributed by atoms with Crippen molar-refractivity contribution in [3.8, 4) is 0 Å². The number of Topliss-reactive ketones (excluding diaryl/α,β-unsaturated/α-hetero) is 1. The first-order chi connectivity index (χ1) is 39.8. The number of epoxide rings is 2. The number of ether oxygens (including phenoxy) is 11. The third-order valence-electron chi connectivity index (χ3n) is 14.2. The van der Waals surface area contributed by atoms with Crippen LogP contribution in [-0.4, -0.2) is 215 Å². The van der Waals surface area contributed by atoms with Crippen molar-refractivity contribution in [2.24, 2.45) is 47.3 Å². The lowest BCUT2D eigenvalue weighted by molar-refractivity contribution is -0.149. The number of aliphatic hydroxyl groups excluding tert-OH is 2. The van der Waals surface area contributed by atoms with Crippen LogP contribution in [0.5, 0.6) is 0 Å². The van der Waals surface area contributed by atoms with Gasteiger partial charge in [0.25, 0.3) is 0 Å². The Hall–Kier alpha value is -4.77. The summed E-state index contributed by atoms with van der Waals surface area (Å²) < 4.78 is 59.9. The molecule has 3 aliphatic carbocycles. The summed E-state index contributed by atoms with van der Waals surface area (Å²) >= 11 is 0. The summed E-state index contributed by atoms with van der Waals surface area (Å²) in [5.74, 6) is -1.98. The molecule has 7 N–H and O–H groups in total. The Balaban J connectivity index is 0.00000177. The van der Waals surface area contributed by atoms with Gasteiger partial charge in [-0.3, -0.25) is 19.2 Å². The van der Waals surface area contributed by atoms with E-state index in [0.29, 0.717) is 82.1 Å². The third-order valence-corrected chi connectivity index (χ3v) is 14.2. The van der Waals surface area contributed by atoms with Crippen LogP contribution < -0.4 is 0 Å². The number of esters is 3. The fraction of sp³-hybridized carbons (Fsp3) is 0.783. The molecule has 6 unspecified atom stereocenters. The average molecular weight is 1220 g/mol. The normalized spacial score (nSPS) is 23.2. The fourth-order valence-corrected chi connectivity index (χ4v) is 9.11. The SMILES string of the molecule is C1CC(COCC2CO2)CCC1COCC1CO1.C=CC(=O)O.C=CC(=O)OCC(C)COCC1CCC(COCC(O)CCC(=O)CC(=O)OCC(C)COCC2CCC(COCC(O)COC(=O)C=C)CC2)CC1.O=C(O)CC(=O)O.[OH-].[OH-]. The minimum atomic E-state index is -1.31. The molecule has 85 heavy (non-hydrogen) atoms. The predicted molar refractivity (Wildman–Crippen MR) is 305 cm³/mol. The molecule has 492 valence electrons. The summed E-state index contributed by atoms with van der Waals surface area (Å²) in [6.45, 7) is 22.9. The van der Waals surface area contributed by atoms with Gasteiger partial charge in [0.15, 0.2) is 0 Å². The second-order valence-electron chi connectivity index (χ2n) is 22.4. The van der Waals surface area contributed by atoms with Gasteiger partial charge in [-0.15, -0.1) is 0 Å². The van der Waals surface area contributed by atoms with Crippen LogP contribution in [0.25, 0.3) is 0 Å². The van der Waals surface area contributed by atoms with Crippen molar-refractivity contribution in [3.05, 3.63) is 38.0 Å². The van der Waals surface area contributed by atoms with Crippen molar-refractivity contribution in [1.29, 1.82) is 0 Å². The Kier molecular flexibility index (Phi) is 46.5. The molecular weight excluding hydrogens is 1120 g/mol. The van der Waals surface area contributed by atoms with Crippen molar-refractivity contribution in [2.45, 2.75) is 141 Å². The van der Waals surface area contributed by atoms with E-state index in [4.69, 9.17) is 67.4 Å². The van der Waals surface area contributed by atoms with Gasteiger partial charge in [-0.2, -0.15) is 0 Å². The topological polar surface area (TPSA) is 389 Å². The van der Waals surface area contributed by atoms with Crippen molar-refractivity contribution < 1.29 is 122 Å². The first kappa shape index (κ1) is 80.2. The van der Waals surface area contributed by atoms with Gasteiger partial charge in [0.1, 0.15) is 43.5 Å². The molecule has 5 rings (SSSR count). The first-order valence-electron chi connectivity index (χ1n) is 29.4. The number of carbonyl (C=O) groups excluding carboxylic acids is 4. The molecule has 25 nitrogen and oxygen atoms in total. The smallest absolute Gasteiger partial charge is 0.330 e. The number of aliphatic hydroxyl groups is 2. The van der Waals surface area contributed by atoms with Gasteiger partial charge in [-0.1, -0.05) is 33.6 Å². The number of carbonyl (C=O) groups is 7. The molecule has 6 atom stereocenters. The highest BCUT2D eigenvalue weighted by Crippen LogP contribution is 2.32. The van der Waals surface area contributed by atoms with Crippen molar-refractivity contribution in [1.82, 2.24) is 0 Å². The van der Waals surface area contributed by atoms with Gasteiger partial charge in [0, 0.05) is 76.1 Å². The second kappa shape index (κ2) is 49.2. The lowest BCUT2D eigenvalue weighted by atomic mass is 9.83. The van der Waals surface area contributed by atoms with E-state index in [1.165, 1.54) is 25.7 Å². The minimum absolute atomic E-state index is 0. The molecule has 5 aliphatic rings. The lowest BCUT2D eigenvalue weighted by Gasteiger charge is -2.28. The van der Waals surface area contributed by atoms with E-state index in [1.54, 1.807) is 0 Å². The number of hydrogen-bond acceptors (Lipinski definition) is 22. The van der Waals surface area contributed by atoms with Gasteiger partial charge in [-0.25, -0.2) is 14.4 Å². The van der Waals surface area contributed by atoms with Gasteiger partial charge < -0.3 is 88.6 Å². The minimum Gasteiger partial charge on any atom is -0.870 e. The molecule has 2 saturated heterocycles. The van der Waals surface area contributed by atoms with Crippen LogP contribution in [-0.2, 0) is 85.7 Å². The molecule has 2 aliphatic heterocycles. The number of hydrogen-bond donors (Lipinski definition) is 5. The maximum absolute atomic E-state index is 12.3. The summed E-state index contributed by atoms with van der Waals surface area (Å²) in [7, 11) is 0. The summed E-state index contributed by atoms with van der Waals surface area (Å²) in [5, 5.41) is 43.1. The number of carboxylic acids is 3. The highest BCUT2D eigenvalue weighted by Gasteiger charge is 2.28. The first-order valence-corrected chi connectivity index (χ1v) is 29.4. The molecule has 0 aromatic heterocycles. The number of rotatable bonds is 40. The zero-order valence-corrected chi connectivity index (χ0v) is 50.1. The number of aliphatic carboxylic acids is 3. The Bertz CT molecular complexity index is 1730. The molecule has 2 heterocycles. The number of ketones is 1. The van der Waals surface area contributed by atoms with E-state index in [9.17, 15) is 43.8 Å². The van der Waals surface area contributed by atoms with E-state index in [0.717, 1.165) is 121 Å². The maximum atomic E-state index is 12.3. The van der Waals surface area contributed by atoms with E-state index in [2.05, 4.69) is 19.7 Å². The van der Waals surface area contributed by atoms with Crippen LogP contribution in [0.4, 0.5) is 0 Å². The van der Waals surface area contributed by atoms with Crippen molar-refractivity contribution >= 4 is 41.6 Å². The molecule has 0 amide bonds. The lowest BCUT2D eigenvalue weighted by Crippen LogP contribution is -2.27. The maximum Gasteiger partial charge on any atom is 0.330 e. The van der Waals surface area contributed by atoms with Gasteiger partial charge in [-0.05, 0) is 119 Å². The summed E-state index contributed by atoms with van der Waals surface area (Å²) in [5.41, 5.74) is 0. The summed E-state index contributed by atoms with van der Waals surface area (Å²) in [6.07, 6.45) is 14.9. The zero-order valence-electron chi connectivity index (χ0n) is 50.1. The monoisotopic (exact) mass is 1220 g/mol. The molecule has 0 bridgehead atoms. The van der Waals surface area contributed by atoms with Crippen LogP contribution in [0, 0.1) is 47.3 Å². The van der Waals surface area contributed by atoms with Crippen LogP contribution in [0.2, 0.25) is 0 Å². The molecule has 25 heteroatoms. The highest BCUT2D eigenvalue weighted by molar-refractivity contribution is 5.95. The van der Waals surface area contributed by atoms with Gasteiger partial charge in [0.2, 0.25) is 0 Å². The van der Waals surface area contributed by atoms with E-state index in [1.807, 2.05) is 13.8 Å². The van der Waals surface area contributed by atoms with Gasteiger partial charge >= 0.3 is 35.8 Å². The van der Waals surface area contributed by atoms with E-state index < -0.39 is 54.4 Å². The van der Waals surface area contributed by atoms with Crippen molar-refractivity contribution in [3.63, 3.8) is 0 Å². The molecule has 0 spiro atoms. The zero-order chi connectivity index (χ0) is 61.2. The van der Waals surface area contributed by atoms with Crippen molar-refractivity contribution in [2.75, 3.05) is 112 Å². The van der Waals surface area contributed by atoms with E-state index in [-0.39, 0.29) is 74.3 Å². The quantitative estimate of drug-likeness (QED) is 0.0167. The average Bonchev–Trinajstić information content (AvgIpc) is 4.44. The van der Waals surface area contributed by atoms with Crippen LogP contribution in [0.15, 0.2) is 38.0 Å². The molecule has 0 aromatic carbocycles. The Labute approximate surface area is 501 Å². The largest absolute Gasteiger partial charge is 0.870 e. The molecule has 5 fully saturated rings. The molecular formula is C60H100O25-2. The van der Waals surface area contributed by atoms with Crippen LogP contribution >= 0.6 is 0 Å². The Morgan fingerprint density at radius 1 is 0.447 bits per heavy atom. The Morgan fingerprint density at radius 2 is 0.765 bits per heavy atom. The number of carboxylic acid groups (broad SMARTS) is 3. The standard InChI is InChI=1S/C40H66O13.C14H24O4.C3H4O4.C3H4O2.2H2O/c1-5-38(44)51-20-29(3)18-47-22-31-7-11-33(12-8-31)24-49-26-36(42)16-15-35(41)17-40(46)52-21-30(4)19-48-23-32-9-13-34(14-10-32)25-50-27-37(43)28-53-39(45)6-2;1-2-12(6-16-8-14-10-18-14)4-3-11(1)5-15-7-13-9-17-13;4-2(5)1-3(6)7;1-2-3(4)5;;/h5-6,29-34,36-37,42-43H,1-2,7-28H2,3-4H3;11-14H,1-10H2;1H2,(H,4,5)(H,6,7);2H,1H2,(H,4,5);2*1H2/p-2. The molecule has 0 aromatic rings. The van der Waals surface area contributed by atoms with Crippen LogP contribution in [0.1, 0.15) is 117 Å². The molecule has 3 saturated carbocycles. The summed E-state index contributed by atoms with van der Waals surface area (Å²) in [4.78, 5) is 74.9. The molecule has 0 radical (unpaired) electrons.